The standard InChI is InChI=1S/C15H16N2O2/c1-11-9-13(7-8-16-11)17-15(18)10-12-3-5-14(19-2)6-4-12/h3-9H,10H2,1-2H3,(H,16,17,18). The highest BCUT2D eigenvalue weighted by Crippen LogP contribution is 2.13. The third-order valence-corrected chi connectivity index (χ3v) is 2.70. The molecule has 19 heavy (non-hydrogen) atoms. The molecular formula is C15H16N2O2. The first-order valence-corrected chi connectivity index (χ1v) is 6.03. The van der Waals surface area contributed by atoms with Crippen LogP contribution >= 0.6 is 0 Å². The van der Waals surface area contributed by atoms with Crippen LogP contribution in [0.1, 0.15) is 11.3 Å². The van der Waals surface area contributed by atoms with Crippen molar-refractivity contribution in [2.45, 2.75) is 13.3 Å². The Balaban J connectivity index is 1.97. The van der Waals surface area contributed by atoms with Gasteiger partial charge in [-0.25, -0.2) is 0 Å². The number of carbonyl (C=O) groups excluding carboxylic acids is 1. The number of nitrogens with zero attached hydrogens (tertiary/aromatic N) is 1. The van der Waals surface area contributed by atoms with Crippen molar-refractivity contribution in [2.24, 2.45) is 0 Å². The van der Waals surface area contributed by atoms with Crippen molar-refractivity contribution in [3.05, 3.63) is 53.9 Å². The summed E-state index contributed by atoms with van der Waals surface area (Å²) < 4.78 is 5.08. The second-order valence-electron chi connectivity index (χ2n) is 4.26. The van der Waals surface area contributed by atoms with Gasteiger partial charge in [0.25, 0.3) is 0 Å². The number of pyridine rings is 1. The van der Waals surface area contributed by atoms with Crippen molar-refractivity contribution in [3.63, 3.8) is 0 Å². The number of carbonyl (C=O) groups is 1. The average molecular weight is 256 g/mol. The van der Waals surface area contributed by atoms with Gasteiger partial charge in [0, 0.05) is 17.6 Å². The average Bonchev–Trinajstić information content (AvgIpc) is 2.39. The molecule has 0 bridgehead atoms. The third-order valence-electron chi connectivity index (χ3n) is 2.70. The van der Waals surface area contributed by atoms with Gasteiger partial charge in [-0.3, -0.25) is 9.78 Å². The number of aryl methyl sites for hydroxylation is 1. The van der Waals surface area contributed by atoms with E-state index >= 15 is 0 Å². The van der Waals surface area contributed by atoms with Crippen LogP contribution in [-0.4, -0.2) is 18.0 Å². The molecule has 0 aliphatic rings. The van der Waals surface area contributed by atoms with Crippen molar-refractivity contribution >= 4 is 11.6 Å². The Kier molecular flexibility index (Phi) is 4.13. The van der Waals surface area contributed by atoms with Crippen molar-refractivity contribution in [1.82, 2.24) is 4.98 Å². The van der Waals surface area contributed by atoms with Gasteiger partial charge in [-0.2, -0.15) is 0 Å². The maximum atomic E-state index is 11.9. The summed E-state index contributed by atoms with van der Waals surface area (Å²) in [4.78, 5) is 16.0. The first kappa shape index (κ1) is 13.1. The molecule has 0 radical (unpaired) electrons. The number of aromatic nitrogens is 1. The summed E-state index contributed by atoms with van der Waals surface area (Å²) in [5, 5.41) is 2.85. The predicted octanol–water partition coefficient (Wildman–Crippen LogP) is 2.58. The number of ether oxygens (including phenoxy) is 1. The highest BCUT2D eigenvalue weighted by molar-refractivity contribution is 5.92. The summed E-state index contributed by atoms with van der Waals surface area (Å²) in [6.07, 6.45) is 2.02. The summed E-state index contributed by atoms with van der Waals surface area (Å²) in [7, 11) is 1.62. The normalized spacial score (nSPS) is 10.0. The molecule has 0 aliphatic heterocycles. The van der Waals surface area contributed by atoms with Crippen LogP contribution in [0.5, 0.6) is 5.75 Å². The Bertz CT molecular complexity index is 565. The minimum absolute atomic E-state index is 0.0456. The highest BCUT2D eigenvalue weighted by atomic mass is 16.5. The van der Waals surface area contributed by atoms with Crippen molar-refractivity contribution in [3.8, 4) is 5.75 Å². The molecule has 0 aliphatic carbocycles. The second kappa shape index (κ2) is 6.00. The molecular weight excluding hydrogens is 240 g/mol. The van der Waals surface area contributed by atoms with Crippen LogP contribution < -0.4 is 10.1 Å². The van der Waals surface area contributed by atoms with E-state index in [4.69, 9.17) is 4.74 Å². The number of anilines is 1. The molecule has 0 atom stereocenters. The van der Waals surface area contributed by atoms with Gasteiger partial charge in [-0.05, 0) is 36.8 Å². The fourth-order valence-corrected chi connectivity index (χ4v) is 1.76. The summed E-state index contributed by atoms with van der Waals surface area (Å²) in [5.41, 5.74) is 2.59. The number of hydrogen-bond acceptors (Lipinski definition) is 3. The summed E-state index contributed by atoms with van der Waals surface area (Å²) in [6, 6.07) is 11.1. The molecule has 1 aromatic heterocycles. The van der Waals surface area contributed by atoms with Gasteiger partial charge >= 0.3 is 0 Å². The molecule has 4 heteroatoms. The minimum atomic E-state index is -0.0456. The van der Waals surface area contributed by atoms with Crippen molar-refractivity contribution in [2.75, 3.05) is 12.4 Å². The topological polar surface area (TPSA) is 51.2 Å². The number of rotatable bonds is 4. The van der Waals surface area contributed by atoms with Gasteiger partial charge < -0.3 is 10.1 Å². The number of benzene rings is 1. The van der Waals surface area contributed by atoms with E-state index in [-0.39, 0.29) is 5.91 Å². The van der Waals surface area contributed by atoms with E-state index in [2.05, 4.69) is 10.3 Å². The van der Waals surface area contributed by atoms with Crippen LogP contribution in [0.2, 0.25) is 0 Å². The van der Waals surface area contributed by atoms with Gasteiger partial charge in [0.15, 0.2) is 0 Å². The lowest BCUT2D eigenvalue weighted by atomic mass is 10.1. The van der Waals surface area contributed by atoms with Gasteiger partial charge in [0.05, 0.1) is 13.5 Å². The Morgan fingerprint density at radius 1 is 1.26 bits per heavy atom. The van der Waals surface area contributed by atoms with E-state index in [0.29, 0.717) is 6.42 Å². The molecule has 0 spiro atoms. The minimum Gasteiger partial charge on any atom is -0.497 e. The van der Waals surface area contributed by atoms with Crippen LogP contribution in [0.25, 0.3) is 0 Å². The SMILES string of the molecule is COc1ccc(CC(=O)Nc2ccnc(C)c2)cc1. The fourth-order valence-electron chi connectivity index (χ4n) is 1.76. The van der Waals surface area contributed by atoms with Crippen LogP contribution in [0.3, 0.4) is 0 Å². The molecule has 0 saturated carbocycles. The van der Waals surface area contributed by atoms with Crippen LogP contribution in [-0.2, 0) is 11.2 Å². The summed E-state index contributed by atoms with van der Waals surface area (Å²) in [5.74, 6) is 0.740. The lowest BCUT2D eigenvalue weighted by Gasteiger charge is -2.06. The molecule has 2 aromatic rings. The number of methoxy groups -OCH3 is 1. The van der Waals surface area contributed by atoms with E-state index in [1.54, 1.807) is 19.4 Å². The first-order chi connectivity index (χ1) is 9.17. The molecule has 2 rings (SSSR count). The first-order valence-electron chi connectivity index (χ1n) is 6.03. The predicted molar refractivity (Wildman–Crippen MR) is 74.3 cm³/mol. The van der Waals surface area contributed by atoms with E-state index in [9.17, 15) is 4.79 Å². The maximum Gasteiger partial charge on any atom is 0.228 e. The quantitative estimate of drug-likeness (QED) is 0.914. The van der Waals surface area contributed by atoms with Crippen LogP contribution in [0.4, 0.5) is 5.69 Å². The molecule has 0 unspecified atom stereocenters. The summed E-state index contributed by atoms with van der Waals surface area (Å²) in [6.45, 7) is 1.89. The van der Waals surface area contributed by atoms with E-state index < -0.39 is 0 Å². The Labute approximate surface area is 112 Å². The monoisotopic (exact) mass is 256 g/mol. The highest BCUT2D eigenvalue weighted by Gasteiger charge is 2.04. The lowest BCUT2D eigenvalue weighted by molar-refractivity contribution is -0.115. The van der Waals surface area contributed by atoms with Crippen LogP contribution in [0, 0.1) is 6.92 Å². The fraction of sp³-hybridized carbons (Fsp3) is 0.200. The zero-order valence-corrected chi connectivity index (χ0v) is 11.0. The van der Waals surface area contributed by atoms with E-state index in [1.807, 2.05) is 37.3 Å². The molecule has 98 valence electrons. The third kappa shape index (κ3) is 3.81. The van der Waals surface area contributed by atoms with Crippen molar-refractivity contribution < 1.29 is 9.53 Å². The number of nitrogens with one attached hydrogen (secondary N) is 1. The van der Waals surface area contributed by atoms with Gasteiger partial charge in [0.2, 0.25) is 5.91 Å². The Morgan fingerprint density at radius 2 is 2.00 bits per heavy atom. The second-order valence-corrected chi connectivity index (χ2v) is 4.26. The van der Waals surface area contributed by atoms with E-state index in [0.717, 1.165) is 22.7 Å². The van der Waals surface area contributed by atoms with Gasteiger partial charge in [-0.1, -0.05) is 12.1 Å². The Hall–Kier alpha value is -2.36. The molecule has 0 saturated heterocycles. The smallest absolute Gasteiger partial charge is 0.228 e. The molecule has 1 N–H and O–H groups in total. The summed E-state index contributed by atoms with van der Waals surface area (Å²) >= 11 is 0. The Morgan fingerprint density at radius 3 is 2.63 bits per heavy atom. The van der Waals surface area contributed by atoms with Gasteiger partial charge in [-0.15, -0.1) is 0 Å². The number of hydrogen-bond donors (Lipinski definition) is 1. The number of amides is 1. The molecule has 4 nitrogen and oxygen atoms in total. The maximum absolute atomic E-state index is 11.9. The largest absolute Gasteiger partial charge is 0.497 e. The zero-order chi connectivity index (χ0) is 13.7. The van der Waals surface area contributed by atoms with Gasteiger partial charge in [0.1, 0.15) is 5.75 Å². The molecule has 1 amide bonds. The molecule has 1 aromatic carbocycles. The van der Waals surface area contributed by atoms with Crippen LogP contribution in [0.15, 0.2) is 42.6 Å². The molecule has 0 fully saturated rings. The zero-order valence-electron chi connectivity index (χ0n) is 11.0. The van der Waals surface area contributed by atoms with E-state index in [1.165, 1.54) is 0 Å². The molecule has 1 heterocycles. The lowest BCUT2D eigenvalue weighted by Crippen LogP contribution is -2.14. The van der Waals surface area contributed by atoms with Crippen molar-refractivity contribution in [1.29, 1.82) is 0 Å².